The van der Waals surface area contributed by atoms with Gasteiger partial charge in [0.25, 0.3) is 0 Å². The lowest BCUT2D eigenvalue weighted by Gasteiger charge is -2.18. The number of hydrogen-bond acceptors (Lipinski definition) is 5. The lowest BCUT2D eigenvalue weighted by Crippen LogP contribution is -2.39. The summed E-state index contributed by atoms with van der Waals surface area (Å²) in [6.07, 6.45) is 12.9. The minimum atomic E-state index is -4.58. The number of rotatable bonds is 20. The second kappa shape index (κ2) is 17.3. The summed E-state index contributed by atoms with van der Waals surface area (Å²) in [6.45, 7) is 3.24. The van der Waals surface area contributed by atoms with Crippen LogP contribution < -0.4 is 9.84 Å². The highest BCUT2D eigenvalue weighted by Crippen LogP contribution is 2.37. The Hall–Kier alpha value is -1.24. The Morgan fingerprint density at radius 2 is 1.53 bits per heavy atom. The predicted molar refractivity (Wildman–Crippen MR) is 128 cm³/mol. The Morgan fingerprint density at radius 3 is 2.16 bits per heavy atom. The van der Waals surface area contributed by atoms with E-state index >= 15 is 0 Å². The molecule has 0 aliphatic carbocycles. The van der Waals surface area contributed by atoms with Crippen LogP contribution in [0.1, 0.15) is 89.5 Å². The van der Waals surface area contributed by atoms with Gasteiger partial charge in [-0.05, 0) is 49.9 Å². The van der Waals surface area contributed by atoms with Crippen molar-refractivity contribution in [2.75, 3.05) is 13.2 Å². The van der Waals surface area contributed by atoms with Crippen LogP contribution in [0.3, 0.4) is 0 Å². The molecule has 0 spiro atoms. The minimum absolute atomic E-state index is 0.107. The molecule has 0 heterocycles. The van der Waals surface area contributed by atoms with Crippen molar-refractivity contribution >= 4 is 13.6 Å². The van der Waals surface area contributed by atoms with Crippen LogP contribution in [-0.4, -0.2) is 39.9 Å². The Labute approximate surface area is 193 Å². The van der Waals surface area contributed by atoms with Crippen molar-refractivity contribution in [3.05, 3.63) is 29.8 Å². The first kappa shape index (κ1) is 28.8. The quantitative estimate of drug-likeness (QED) is 0.158. The van der Waals surface area contributed by atoms with Gasteiger partial charge < -0.3 is 14.9 Å². The molecule has 1 rings (SSSR count). The molecule has 0 saturated heterocycles. The molecule has 0 bridgehead atoms. The monoisotopic (exact) mass is 471 g/mol. The molecule has 1 aromatic carbocycles. The average Bonchev–Trinajstić information content (AvgIpc) is 2.74. The molecule has 8 heteroatoms. The molecule has 184 valence electrons. The fourth-order valence-electron chi connectivity index (χ4n) is 3.66. The van der Waals surface area contributed by atoms with Gasteiger partial charge in [0.2, 0.25) is 0 Å². The van der Waals surface area contributed by atoms with Gasteiger partial charge in [-0.2, -0.15) is 0 Å². The summed E-state index contributed by atoms with van der Waals surface area (Å²) >= 11 is 0. The van der Waals surface area contributed by atoms with Crippen molar-refractivity contribution in [3.8, 4) is 5.75 Å². The predicted octanol–water partition coefficient (Wildman–Crippen LogP) is 4.92. The summed E-state index contributed by atoms with van der Waals surface area (Å²) in [4.78, 5) is 30.7. The van der Waals surface area contributed by atoms with E-state index in [4.69, 9.17) is 14.9 Å². The third-order valence-corrected chi connectivity index (χ3v) is 5.93. The van der Waals surface area contributed by atoms with Gasteiger partial charge in [-0.3, -0.25) is 14.6 Å². The van der Waals surface area contributed by atoms with Crippen LogP contribution in [0.4, 0.5) is 0 Å². The molecular weight excluding hydrogens is 429 g/mol. The molecule has 4 N–H and O–H groups in total. The maximum Gasteiger partial charge on any atom is 0.524 e. The maximum atomic E-state index is 12.9. The second-order valence-electron chi connectivity index (χ2n) is 8.41. The maximum absolute atomic E-state index is 12.9. The van der Waals surface area contributed by atoms with Gasteiger partial charge in [-0.15, -0.1) is 0 Å². The SMILES string of the molecule is CCCCCCCNC(Cc1ccc(OP(=O)(O)O)cc1)C(=O)CCCCCCCCO. The fourth-order valence-corrected chi connectivity index (χ4v) is 4.05. The molecule has 1 unspecified atom stereocenters. The molecule has 0 saturated carbocycles. The number of phosphoric ester groups is 1. The highest BCUT2D eigenvalue weighted by Gasteiger charge is 2.19. The van der Waals surface area contributed by atoms with E-state index < -0.39 is 7.82 Å². The number of carbonyl (C=O) groups is 1. The smallest absolute Gasteiger partial charge is 0.404 e. The van der Waals surface area contributed by atoms with Gasteiger partial charge in [-0.1, -0.05) is 70.4 Å². The number of Topliss-reactive ketones (excluding diaryl/α,β-unsaturated/α-hetero) is 1. The summed E-state index contributed by atoms with van der Waals surface area (Å²) in [5.74, 6) is 0.319. The Morgan fingerprint density at radius 1 is 0.938 bits per heavy atom. The molecule has 0 amide bonds. The number of nitrogens with one attached hydrogen (secondary N) is 1. The van der Waals surface area contributed by atoms with Gasteiger partial charge in [0.15, 0.2) is 0 Å². The summed E-state index contributed by atoms with van der Waals surface area (Å²) in [5, 5.41) is 12.3. The van der Waals surface area contributed by atoms with Gasteiger partial charge >= 0.3 is 7.82 Å². The molecule has 1 aromatic rings. The fraction of sp³-hybridized carbons (Fsp3) is 0.708. The minimum Gasteiger partial charge on any atom is -0.404 e. The zero-order valence-electron chi connectivity index (χ0n) is 19.5. The van der Waals surface area contributed by atoms with Crippen LogP contribution in [0, 0.1) is 0 Å². The summed E-state index contributed by atoms with van der Waals surface area (Å²) < 4.78 is 15.6. The van der Waals surface area contributed by atoms with Crippen LogP contribution in [0.5, 0.6) is 5.75 Å². The van der Waals surface area contributed by atoms with Crippen LogP contribution in [0.2, 0.25) is 0 Å². The number of phosphoric acid groups is 1. The highest BCUT2D eigenvalue weighted by molar-refractivity contribution is 7.46. The van der Waals surface area contributed by atoms with E-state index in [9.17, 15) is 9.36 Å². The normalized spacial score (nSPS) is 12.6. The van der Waals surface area contributed by atoms with Crippen molar-refractivity contribution in [2.45, 2.75) is 96.4 Å². The largest absolute Gasteiger partial charge is 0.524 e. The first-order chi connectivity index (χ1) is 15.4. The summed E-state index contributed by atoms with van der Waals surface area (Å²) in [7, 11) is -4.58. The highest BCUT2D eigenvalue weighted by atomic mass is 31.2. The average molecular weight is 472 g/mol. The van der Waals surface area contributed by atoms with Gasteiger partial charge in [0, 0.05) is 13.0 Å². The van der Waals surface area contributed by atoms with Crippen LogP contribution >= 0.6 is 7.82 Å². The molecule has 0 fully saturated rings. The summed E-state index contributed by atoms with van der Waals surface area (Å²) in [5.41, 5.74) is 0.920. The molecule has 0 aromatic heterocycles. The number of ketones is 1. The third-order valence-electron chi connectivity index (χ3n) is 5.48. The number of aliphatic hydroxyl groups is 1. The van der Waals surface area contributed by atoms with E-state index in [0.717, 1.165) is 63.5 Å². The van der Waals surface area contributed by atoms with Crippen molar-refractivity contribution in [1.29, 1.82) is 0 Å². The van der Waals surface area contributed by atoms with Gasteiger partial charge in [0.05, 0.1) is 6.04 Å². The third kappa shape index (κ3) is 14.8. The van der Waals surface area contributed by atoms with Gasteiger partial charge in [-0.25, -0.2) is 4.57 Å². The van der Waals surface area contributed by atoms with Gasteiger partial charge in [0.1, 0.15) is 11.5 Å². The zero-order valence-corrected chi connectivity index (χ0v) is 20.4. The Balaban J connectivity index is 2.55. The molecule has 0 aliphatic rings. The zero-order chi connectivity index (χ0) is 23.7. The Bertz CT molecular complexity index is 661. The molecule has 7 nitrogen and oxygen atoms in total. The van der Waals surface area contributed by atoms with E-state index in [0.29, 0.717) is 12.8 Å². The van der Waals surface area contributed by atoms with E-state index in [1.165, 1.54) is 31.4 Å². The van der Waals surface area contributed by atoms with Crippen LogP contribution in [0.25, 0.3) is 0 Å². The lowest BCUT2D eigenvalue weighted by molar-refractivity contribution is -0.121. The first-order valence-corrected chi connectivity index (χ1v) is 13.6. The molecule has 0 radical (unpaired) electrons. The Kier molecular flexibility index (Phi) is 15.5. The van der Waals surface area contributed by atoms with Crippen LogP contribution in [0.15, 0.2) is 24.3 Å². The molecule has 32 heavy (non-hydrogen) atoms. The van der Waals surface area contributed by atoms with Crippen LogP contribution in [-0.2, 0) is 15.8 Å². The topological polar surface area (TPSA) is 116 Å². The van der Waals surface area contributed by atoms with Crippen molar-refractivity contribution in [2.24, 2.45) is 0 Å². The first-order valence-electron chi connectivity index (χ1n) is 12.1. The van der Waals surface area contributed by atoms with Crippen molar-refractivity contribution < 1.29 is 28.8 Å². The number of hydrogen-bond donors (Lipinski definition) is 4. The standard InChI is InChI=1S/C24H42NO6P/c1-2-3-4-8-11-18-25-23(24(27)13-10-7-5-6-9-12-19-26)20-21-14-16-22(17-15-21)31-32(28,29)30/h14-17,23,25-26H,2-13,18-20H2,1H3,(H2,28,29,30). The van der Waals surface area contributed by atoms with E-state index in [-0.39, 0.29) is 24.2 Å². The number of carbonyl (C=O) groups excluding carboxylic acids is 1. The van der Waals surface area contributed by atoms with Crippen molar-refractivity contribution in [3.63, 3.8) is 0 Å². The molecule has 0 aliphatic heterocycles. The summed E-state index contributed by atoms with van der Waals surface area (Å²) in [6, 6.07) is 6.27. The molecule has 1 atom stereocenters. The van der Waals surface area contributed by atoms with E-state index in [2.05, 4.69) is 16.8 Å². The van der Waals surface area contributed by atoms with E-state index in [1.54, 1.807) is 12.1 Å². The lowest BCUT2D eigenvalue weighted by atomic mass is 9.98. The number of aliphatic hydroxyl groups excluding tert-OH is 1. The van der Waals surface area contributed by atoms with E-state index in [1.807, 2.05) is 0 Å². The number of unbranched alkanes of at least 4 members (excludes halogenated alkanes) is 9. The molecular formula is C24H42NO6P. The number of benzene rings is 1. The van der Waals surface area contributed by atoms with Crippen molar-refractivity contribution in [1.82, 2.24) is 5.32 Å². The second-order valence-corrected chi connectivity index (χ2v) is 9.58.